The molecule has 2 N–H and O–H groups in total. The van der Waals surface area contributed by atoms with Crippen molar-refractivity contribution in [3.63, 3.8) is 0 Å². The summed E-state index contributed by atoms with van der Waals surface area (Å²) in [6, 6.07) is 11.0. The van der Waals surface area contributed by atoms with Gasteiger partial charge in [0.1, 0.15) is 29.9 Å². The fourth-order valence-electron chi connectivity index (χ4n) is 9.71. The predicted octanol–water partition coefficient (Wildman–Crippen LogP) is 11.0. The van der Waals surface area contributed by atoms with Crippen LogP contribution >= 0.6 is 0 Å². The van der Waals surface area contributed by atoms with E-state index < -0.39 is 28.8 Å². The molecule has 0 spiro atoms. The zero-order chi connectivity index (χ0) is 44.3. The van der Waals surface area contributed by atoms with Crippen LogP contribution in [0.15, 0.2) is 71.9 Å². The van der Waals surface area contributed by atoms with Crippen molar-refractivity contribution >= 4 is 17.5 Å². The zero-order valence-electron chi connectivity index (χ0n) is 37.3. The van der Waals surface area contributed by atoms with Crippen LogP contribution < -0.4 is 9.47 Å². The first-order valence-corrected chi connectivity index (χ1v) is 23.2. The molecule has 13 heteroatoms. The first-order valence-electron chi connectivity index (χ1n) is 23.2. The van der Waals surface area contributed by atoms with E-state index in [9.17, 15) is 25.1 Å². The molecule has 2 aliphatic carbocycles. The molecule has 342 valence electrons. The van der Waals surface area contributed by atoms with Crippen LogP contribution in [0.3, 0.4) is 0 Å². The Kier molecular flexibility index (Phi) is 19.6. The van der Waals surface area contributed by atoms with Crippen LogP contribution in [0.1, 0.15) is 134 Å². The summed E-state index contributed by atoms with van der Waals surface area (Å²) >= 11 is 0. The highest BCUT2D eigenvalue weighted by Gasteiger charge is 2.65. The molecule has 1 heterocycles. The van der Waals surface area contributed by atoms with E-state index in [0.717, 1.165) is 56.1 Å². The van der Waals surface area contributed by atoms with Gasteiger partial charge in [-0.05, 0) is 80.7 Å². The highest BCUT2D eigenvalue weighted by atomic mass is 16.7. The Morgan fingerprint density at radius 1 is 0.952 bits per heavy atom. The van der Waals surface area contributed by atoms with Crippen molar-refractivity contribution in [1.29, 1.82) is 0 Å². The van der Waals surface area contributed by atoms with Gasteiger partial charge in [0.2, 0.25) is 5.79 Å². The number of hydrogen-bond donors (Lipinski definition) is 2. The van der Waals surface area contributed by atoms with Gasteiger partial charge in [-0.25, -0.2) is 4.79 Å². The second kappa shape index (κ2) is 25.0. The zero-order valence-corrected chi connectivity index (χ0v) is 37.3. The lowest BCUT2D eigenvalue weighted by Gasteiger charge is -2.59. The standard InChI is InChI=1S/C49H71N3O10/c1-5-8-9-10-11-12-13-14-15-20-31-58-48(55)51(4)45-35-43(50-60-7-3)41-32-36(22-16-18-28-53)40(25-17-19-29-54)46-42-34-39(61-38-24-21-23-37(33-38)52(56)57)26-27-44(42)62-49(45,47(41)46)59-30-6-2/h6,21,23-24,26-27,32-34,36,40,45-47,53-54H,2,5,7-20,22,25,28-31,35H2,1,3-4H3. The van der Waals surface area contributed by atoms with Crippen LogP contribution in [0.5, 0.6) is 17.2 Å². The van der Waals surface area contributed by atoms with E-state index in [4.69, 9.17) is 28.9 Å². The molecule has 1 amide bonds. The summed E-state index contributed by atoms with van der Waals surface area (Å²) in [7, 11) is 1.74. The van der Waals surface area contributed by atoms with Crippen molar-refractivity contribution < 1.29 is 43.7 Å². The Morgan fingerprint density at radius 3 is 2.32 bits per heavy atom. The summed E-state index contributed by atoms with van der Waals surface area (Å²) in [4.78, 5) is 32.7. The van der Waals surface area contributed by atoms with E-state index >= 15 is 0 Å². The number of allylic oxidation sites excluding steroid dienone is 1. The average molecular weight is 862 g/mol. The van der Waals surface area contributed by atoms with Crippen LogP contribution in [0.4, 0.5) is 10.5 Å². The average Bonchev–Trinajstić information content (AvgIpc) is 3.27. The maximum absolute atomic E-state index is 14.1. The molecular weight excluding hydrogens is 791 g/mol. The van der Waals surface area contributed by atoms with Crippen molar-refractivity contribution in [3.05, 3.63) is 82.4 Å². The largest absolute Gasteiger partial charge is 0.459 e. The van der Waals surface area contributed by atoms with Crippen LogP contribution in [0.2, 0.25) is 0 Å². The summed E-state index contributed by atoms with van der Waals surface area (Å²) in [5.41, 5.74) is 2.44. The minimum Gasteiger partial charge on any atom is -0.459 e. The highest BCUT2D eigenvalue weighted by Crippen LogP contribution is 2.62. The number of ether oxygens (including phenoxy) is 4. The molecule has 0 aromatic heterocycles. The van der Waals surface area contributed by atoms with E-state index in [1.165, 1.54) is 57.1 Å². The van der Waals surface area contributed by atoms with E-state index in [2.05, 4.69) is 19.6 Å². The third kappa shape index (κ3) is 12.4. The molecule has 6 atom stereocenters. The molecule has 0 radical (unpaired) electrons. The molecular formula is C49H71N3O10. The van der Waals surface area contributed by atoms with Crippen LogP contribution in [0.25, 0.3) is 0 Å². The van der Waals surface area contributed by atoms with Crippen molar-refractivity contribution in [3.8, 4) is 17.2 Å². The SMILES string of the molecule is C=CCOC12Oc3ccc(Oc4cccc([N+](=O)[O-])c4)cc3C3C(CCCCO)C(CCCCO)C=C(C(=NOCC)CC1N(C)C(=O)OCCCCCCCCCCCC)C32. The van der Waals surface area contributed by atoms with Gasteiger partial charge in [0.25, 0.3) is 5.69 Å². The molecule has 2 aromatic carbocycles. The molecule has 3 aliphatic rings. The first kappa shape index (κ1) is 48.6. The van der Waals surface area contributed by atoms with Gasteiger partial charge in [0.15, 0.2) is 0 Å². The quantitative estimate of drug-likeness (QED) is 0.0364. The van der Waals surface area contributed by atoms with E-state index in [-0.39, 0.29) is 49.7 Å². The number of rotatable bonds is 28. The summed E-state index contributed by atoms with van der Waals surface area (Å²) < 4.78 is 26.4. The molecule has 5 rings (SSSR count). The number of amides is 1. The van der Waals surface area contributed by atoms with Crippen molar-refractivity contribution in [1.82, 2.24) is 4.90 Å². The summed E-state index contributed by atoms with van der Waals surface area (Å²) in [5, 5.41) is 36.0. The lowest BCUT2D eigenvalue weighted by molar-refractivity contribution is -0.384. The number of nitrogens with zero attached hydrogens (tertiary/aromatic N) is 3. The molecule has 13 nitrogen and oxygen atoms in total. The van der Waals surface area contributed by atoms with Crippen molar-refractivity contribution in [2.24, 2.45) is 22.9 Å². The number of carbonyl (C=O) groups is 1. The Morgan fingerprint density at radius 2 is 1.65 bits per heavy atom. The number of carbonyl (C=O) groups excluding carboxylic acids is 1. The fourth-order valence-corrected chi connectivity index (χ4v) is 9.71. The predicted molar refractivity (Wildman–Crippen MR) is 241 cm³/mol. The molecule has 1 aliphatic heterocycles. The molecule has 6 unspecified atom stereocenters. The van der Waals surface area contributed by atoms with Gasteiger partial charge in [-0.15, -0.1) is 6.58 Å². The topological polar surface area (TPSA) is 162 Å². The number of nitro groups is 1. The number of oxime groups is 1. The Balaban J connectivity index is 1.53. The van der Waals surface area contributed by atoms with Crippen LogP contribution in [-0.2, 0) is 14.3 Å². The monoisotopic (exact) mass is 862 g/mol. The van der Waals surface area contributed by atoms with Crippen LogP contribution in [-0.4, -0.2) is 83.8 Å². The number of non-ortho nitro benzene ring substituents is 1. The number of aliphatic hydroxyl groups is 2. The van der Waals surface area contributed by atoms with Gasteiger partial charge >= 0.3 is 6.09 Å². The molecule has 1 saturated carbocycles. The molecule has 0 bridgehead atoms. The van der Waals surface area contributed by atoms with E-state index in [1.807, 2.05) is 19.1 Å². The van der Waals surface area contributed by atoms with Gasteiger partial charge in [0.05, 0.1) is 35.8 Å². The van der Waals surface area contributed by atoms with E-state index in [0.29, 0.717) is 49.0 Å². The second-order valence-corrected chi connectivity index (χ2v) is 17.0. The van der Waals surface area contributed by atoms with Crippen LogP contribution in [0, 0.1) is 27.9 Å². The maximum atomic E-state index is 14.1. The van der Waals surface area contributed by atoms with E-state index in [1.54, 1.807) is 36.2 Å². The van der Waals surface area contributed by atoms with Gasteiger partial charge in [-0.3, -0.25) is 10.1 Å². The minimum absolute atomic E-state index is 0.0251. The fraction of sp³-hybridized carbons (Fsp3) is 0.633. The van der Waals surface area contributed by atoms with Crippen molar-refractivity contribution in [2.45, 2.75) is 141 Å². The number of likely N-dealkylation sites (N-methyl/N-ethyl adjacent to an activating group) is 1. The Labute approximate surface area is 368 Å². The summed E-state index contributed by atoms with van der Waals surface area (Å²) in [6.07, 6.45) is 20.0. The van der Waals surface area contributed by atoms with Gasteiger partial charge in [-0.2, -0.15) is 0 Å². The van der Waals surface area contributed by atoms with Gasteiger partial charge in [0, 0.05) is 44.2 Å². The highest BCUT2D eigenvalue weighted by molar-refractivity contribution is 6.02. The van der Waals surface area contributed by atoms with Gasteiger partial charge < -0.3 is 38.9 Å². The smallest absolute Gasteiger partial charge is 0.409 e. The molecule has 0 saturated heterocycles. The Hall–Kier alpha value is -4.46. The Bertz CT molecular complexity index is 1800. The van der Waals surface area contributed by atoms with Crippen molar-refractivity contribution in [2.75, 3.05) is 40.1 Å². The summed E-state index contributed by atoms with van der Waals surface area (Å²) in [6.45, 7) is 9.08. The number of fused-ring (bicyclic) bond motifs is 2. The molecule has 2 aromatic rings. The third-order valence-corrected chi connectivity index (χ3v) is 12.7. The number of benzene rings is 2. The number of hydrogen-bond acceptors (Lipinski definition) is 11. The maximum Gasteiger partial charge on any atom is 0.409 e. The number of aliphatic hydroxyl groups excluding tert-OH is 2. The summed E-state index contributed by atoms with van der Waals surface area (Å²) in [5.74, 6) is -0.657. The minimum atomic E-state index is -1.40. The van der Waals surface area contributed by atoms with Gasteiger partial charge in [-0.1, -0.05) is 101 Å². The number of unbranched alkanes of at least 4 members (excludes halogenated alkanes) is 11. The lowest BCUT2D eigenvalue weighted by Crippen LogP contribution is -2.69. The lowest BCUT2D eigenvalue weighted by atomic mass is 9.55. The molecule has 62 heavy (non-hydrogen) atoms. The first-order chi connectivity index (χ1) is 30.2. The number of nitro benzene ring substituents is 1. The molecule has 1 fully saturated rings. The normalized spacial score (nSPS) is 23.1. The second-order valence-electron chi connectivity index (χ2n) is 17.0. The third-order valence-electron chi connectivity index (χ3n) is 12.7.